The number of hydrogen-bond donors (Lipinski definition) is 7. The van der Waals surface area contributed by atoms with E-state index in [1.54, 1.807) is 23.5 Å². The van der Waals surface area contributed by atoms with Gasteiger partial charge in [-0.1, -0.05) is 24.5 Å². The number of carbonyl (C=O) groups is 4. The summed E-state index contributed by atoms with van der Waals surface area (Å²) in [6.45, 7) is 4.48. The Morgan fingerprint density at radius 2 is 1.32 bits per heavy atom. The van der Waals surface area contributed by atoms with Crippen LogP contribution in [0, 0.1) is 12.3 Å². The zero-order chi connectivity index (χ0) is 43.3. The van der Waals surface area contributed by atoms with Gasteiger partial charge in [-0.05, 0) is 31.9 Å². The molecule has 2 unspecified atom stereocenters. The van der Waals surface area contributed by atoms with E-state index in [9.17, 15) is 44.3 Å². The number of carboxylic acids is 3. The van der Waals surface area contributed by atoms with Crippen LogP contribution in [0.15, 0.2) is 36.8 Å². The first-order chi connectivity index (χ1) is 26.3. The zero-order valence-electron chi connectivity index (χ0n) is 29.4. The minimum Gasteiger partial charge on any atom is -0.475 e. The third-order valence-corrected chi connectivity index (χ3v) is 7.64. The van der Waals surface area contributed by atoms with Crippen molar-refractivity contribution in [2.24, 2.45) is 5.73 Å². The topological polar surface area (TPSA) is 261 Å². The molecular weight excluding hydrogens is 795 g/mol. The van der Waals surface area contributed by atoms with Crippen molar-refractivity contribution in [3.05, 3.63) is 48.2 Å². The molecule has 1 saturated heterocycles. The Labute approximate surface area is 315 Å². The smallest absolute Gasteiger partial charge is 0.475 e. The van der Waals surface area contributed by atoms with Gasteiger partial charge in [-0.3, -0.25) is 15.2 Å². The van der Waals surface area contributed by atoms with Crippen LogP contribution in [-0.4, -0.2) is 127 Å². The lowest BCUT2D eigenvalue weighted by molar-refractivity contribution is -0.193. The van der Waals surface area contributed by atoms with E-state index in [4.69, 9.17) is 45.8 Å². The fraction of sp³-hybridized carbons (Fsp3) is 0.452. The Balaban J connectivity index is 0.000000438. The molecule has 1 aliphatic carbocycles. The van der Waals surface area contributed by atoms with E-state index in [0.29, 0.717) is 32.0 Å². The Morgan fingerprint density at radius 3 is 1.77 bits per heavy atom. The molecule has 314 valence electrons. The van der Waals surface area contributed by atoms with Gasteiger partial charge >= 0.3 is 36.4 Å². The first-order valence-electron chi connectivity index (χ1n) is 16.2. The van der Waals surface area contributed by atoms with Gasteiger partial charge < -0.3 is 41.5 Å². The molecule has 3 aromatic rings. The number of aromatic nitrogens is 4. The summed E-state index contributed by atoms with van der Waals surface area (Å²) in [5.74, 6) is -6.83. The lowest BCUT2D eigenvalue weighted by Crippen LogP contribution is -2.50. The van der Waals surface area contributed by atoms with Gasteiger partial charge in [0.25, 0.3) is 5.91 Å². The van der Waals surface area contributed by atoms with Crippen LogP contribution in [0.4, 0.5) is 51.1 Å². The first kappa shape index (κ1) is 46.9. The lowest BCUT2D eigenvalue weighted by atomic mass is 9.90. The van der Waals surface area contributed by atoms with Crippen LogP contribution in [0.25, 0.3) is 10.9 Å². The summed E-state index contributed by atoms with van der Waals surface area (Å²) >= 11 is 0. The van der Waals surface area contributed by atoms with Crippen molar-refractivity contribution in [1.82, 2.24) is 30.2 Å². The second-order valence-corrected chi connectivity index (χ2v) is 11.9. The summed E-state index contributed by atoms with van der Waals surface area (Å²) in [6.07, 6.45) is -6.18. The Kier molecular flexibility index (Phi) is 16.5. The van der Waals surface area contributed by atoms with Crippen molar-refractivity contribution >= 4 is 52.3 Å². The molecule has 1 aromatic carbocycles. The second-order valence-electron chi connectivity index (χ2n) is 11.9. The lowest BCUT2D eigenvalue weighted by Gasteiger charge is -2.35. The zero-order valence-corrected chi connectivity index (χ0v) is 29.4. The summed E-state index contributed by atoms with van der Waals surface area (Å²) in [4.78, 5) is 62.0. The number of benzene rings is 1. The molecule has 8 N–H and O–H groups in total. The molecule has 2 fully saturated rings. The van der Waals surface area contributed by atoms with Gasteiger partial charge in [0.1, 0.15) is 11.6 Å². The first-order valence-corrected chi connectivity index (χ1v) is 16.2. The number of nitrogens with zero attached hydrogens (tertiary/aromatic N) is 6. The monoisotopic (exact) mass is 830 g/mol. The van der Waals surface area contributed by atoms with E-state index in [2.05, 4.69) is 30.5 Å². The average molecular weight is 831 g/mol. The molecule has 26 heteroatoms. The number of carboxylic acid groups (broad SMARTS) is 3. The number of anilines is 2. The van der Waals surface area contributed by atoms with Gasteiger partial charge in [0.2, 0.25) is 5.82 Å². The summed E-state index contributed by atoms with van der Waals surface area (Å²) in [5, 5.41) is 36.6. The molecule has 0 bridgehead atoms. The fourth-order valence-electron chi connectivity index (χ4n) is 5.03. The minimum atomic E-state index is -5.08. The van der Waals surface area contributed by atoms with Gasteiger partial charge in [0, 0.05) is 56.0 Å². The number of hydrogen-bond acceptors (Lipinski definition) is 11. The standard InChI is InChI=1S/C25H32N10O.3C2HF3O2/c1-16-6-7-18-17(14-16)22(31-19-4-2-3-5-20(19)32-25(26)27)33-23(30-18)24(36)35-12-10-34(11-13-35)21-15-28-8-9-29-21;3*3-2(4,5)1(6)7/h6-9,14-15,19-20H,2-5,10-13H2,1H3,(H4,26,27,32)(H,30,31,33);3*(H,6,7). The molecule has 17 nitrogen and oxygen atoms in total. The fourth-order valence-corrected chi connectivity index (χ4v) is 5.03. The van der Waals surface area contributed by atoms with Gasteiger partial charge in [-0.2, -0.15) is 39.5 Å². The number of nitrogens with two attached hydrogens (primary N) is 1. The highest BCUT2D eigenvalue weighted by Crippen LogP contribution is 2.27. The molecule has 57 heavy (non-hydrogen) atoms. The van der Waals surface area contributed by atoms with Crippen LogP contribution < -0.4 is 21.3 Å². The molecule has 1 saturated carbocycles. The number of piperazine rings is 1. The van der Waals surface area contributed by atoms with Crippen LogP contribution in [0.2, 0.25) is 0 Å². The van der Waals surface area contributed by atoms with Crippen molar-refractivity contribution in [2.75, 3.05) is 36.4 Å². The minimum absolute atomic E-state index is 0.0272. The highest BCUT2D eigenvalue weighted by molar-refractivity contribution is 5.97. The molecule has 2 atom stereocenters. The number of fused-ring (bicyclic) bond motifs is 1. The highest BCUT2D eigenvalue weighted by atomic mass is 19.4. The summed E-state index contributed by atoms with van der Waals surface area (Å²) in [6, 6.07) is 6.04. The molecule has 1 amide bonds. The maximum atomic E-state index is 13.5. The third kappa shape index (κ3) is 15.4. The number of halogens is 9. The number of carbonyl (C=O) groups excluding carboxylic acids is 1. The van der Waals surface area contributed by atoms with Crippen LogP contribution in [0.5, 0.6) is 0 Å². The number of guanidine groups is 1. The third-order valence-electron chi connectivity index (χ3n) is 7.64. The summed E-state index contributed by atoms with van der Waals surface area (Å²) in [7, 11) is 0. The molecule has 3 heterocycles. The van der Waals surface area contributed by atoms with Crippen molar-refractivity contribution in [1.29, 1.82) is 5.41 Å². The number of alkyl halides is 9. The largest absolute Gasteiger partial charge is 0.490 e. The number of aliphatic carboxylic acids is 3. The van der Waals surface area contributed by atoms with Crippen molar-refractivity contribution in [3.8, 4) is 0 Å². The van der Waals surface area contributed by atoms with E-state index < -0.39 is 36.4 Å². The van der Waals surface area contributed by atoms with Gasteiger partial charge in [0.05, 0.1) is 11.7 Å². The average Bonchev–Trinajstić information content (AvgIpc) is 3.12. The van der Waals surface area contributed by atoms with Crippen molar-refractivity contribution in [2.45, 2.75) is 63.2 Å². The normalized spacial score (nSPS) is 16.9. The predicted molar refractivity (Wildman–Crippen MR) is 180 cm³/mol. The quantitative estimate of drug-likeness (QED) is 0.110. The van der Waals surface area contributed by atoms with E-state index in [0.717, 1.165) is 48.0 Å². The highest BCUT2D eigenvalue weighted by Gasteiger charge is 2.39. The van der Waals surface area contributed by atoms with Gasteiger partial charge in [-0.25, -0.2) is 29.3 Å². The molecule has 2 aromatic heterocycles. The Morgan fingerprint density at radius 1 is 0.807 bits per heavy atom. The van der Waals surface area contributed by atoms with Crippen molar-refractivity contribution in [3.63, 3.8) is 0 Å². The van der Waals surface area contributed by atoms with Gasteiger partial charge in [-0.15, -0.1) is 0 Å². The van der Waals surface area contributed by atoms with E-state index in [-0.39, 0.29) is 29.8 Å². The SMILES string of the molecule is Cc1ccc2nc(C(=O)N3CCN(c4cnccn4)CC3)nc(NC3CCCCC3NC(=N)N)c2c1.O=C(O)C(F)(F)F.O=C(O)C(F)(F)F.O=C(O)C(F)(F)F. The van der Waals surface area contributed by atoms with E-state index >= 15 is 0 Å². The Bertz CT molecular complexity index is 1800. The van der Waals surface area contributed by atoms with Crippen LogP contribution >= 0.6 is 0 Å². The predicted octanol–water partition coefficient (Wildman–Crippen LogP) is 3.80. The molecule has 0 spiro atoms. The second kappa shape index (κ2) is 20.1. The maximum absolute atomic E-state index is 13.5. The Hall–Kier alpha value is -6.24. The van der Waals surface area contributed by atoms with Crippen LogP contribution in [-0.2, 0) is 14.4 Å². The summed E-state index contributed by atoms with van der Waals surface area (Å²) < 4.78 is 95.2. The van der Waals surface area contributed by atoms with Crippen LogP contribution in [0.1, 0.15) is 41.9 Å². The number of rotatable bonds is 5. The van der Waals surface area contributed by atoms with Crippen molar-refractivity contribution < 1.29 is 74.0 Å². The molecule has 1 aliphatic heterocycles. The number of nitrogens with one attached hydrogen (secondary N) is 3. The molecular formula is C31H35F9N10O7. The summed E-state index contributed by atoms with van der Waals surface area (Å²) in [5.41, 5.74) is 7.46. The van der Waals surface area contributed by atoms with Gasteiger partial charge in [0.15, 0.2) is 5.96 Å². The van der Waals surface area contributed by atoms with E-state index in [1.165, 1.54) is 0 Å². The number of amides is 1. The molecule has 2 aliphatic rings. The van der Waals surface area contributed by atoms with Crippen LogP contribution in [0.3, 0.4) is 0 Å². The molecule has 0 radical (unpaired) electrons. The number of aryl methyl sites for hydroxylation is 1. The molecule has 5 rings (SSSR count). The maximum Gasteiger partial charge on any atom is 0.490 e. The van der Waals surface area contributed by atoms with E-state index in [1.807, 2.05) is 25.1 Å².